The van der Waals surface area contributed by atoms with Crippen molar-refractivity contribution >= 4 is 5.91 Å². The number of carbonyl (C=O) groups is 1. The fourth-order valence-electron chi connectivity index (χ4n) is 2.23. The van der Waals surface area contributed by atoms with Gasteiger partial charge in [-0.3, -0.25) is 4.79 Å². The first-order valence-corrected chi connectivity index (χ1v) is 6.90. The van der Waals surface area contributed by atoms with E-state index in [9.17, 15) is 4.79 Å². The molecular weight excluding hydrogens is 230 g/mol. The molecule has 1 amide bonds. The van der Waals surface area contributed by atoms with Crippen LogP contribution >= 0.6 is 0 Å². The lowest BCUT2D eigenvalue weighted by Crippen LogP contribution is -2.36. The van der Waals surface area contributed by atoms with Gasteiger partial charge in [0.2, 0.25) is 5.91 Å². The van der Waals surface area contributed by atoms with E-state index in [1.54, 1.807) is 7.11 Å². The molecule has 1 fully saturated rings. The Bertz CT molecular complexity index is 248. The summed E-state index contributed by atoms with van der Waals surface area (Å²) in [5, 5.41) is 0. The second-order valence-electron chi connectivity index (χ2n) is 4.95. The van der Waals surface area contributed by atoms with Gasteiger partial charge in [0.05, 0.1) is 6.10 Å². The average molecular weight is 257 g/mol. The first-order chi connectivity index (χ1) is 8.67. The summed E-state index contributed by atoms with van der Waals surface area (Å²) in [6, 6.07) is 0. The van der Waals surface area contributed by atoms with E-state index in [1.165, 1.54) is 0 Å². The van der Waals surface area contributed by atoms with E-state index in [-0.39, 0.29) is 12.0 Å². The van der Waals surface area contributed by atoms with Gasteiger partial charge in [-0.2, -0.15) is 0 Å². The Labute approximate surface area is 110 Å². The van der Waals surface area contributed by atoms with Crippen LogP contribution in [0.15, 0.2) is 0 Å². The van der Waals surface area contributed by atoms with E-state index in [0.717, 1.165) is 45.6 Å². The third-order valence-electron chi connectivity index (χ3n) is 3.55. The molecule has 2 N–H and O–H groups in total. The first kappa shape index (κ1) is 15.4. The molecule has 0 aromatic carbocycles. The van der Waals surface area contributed by atoms with Crippen LogP contribution in [0.4, 0.5) is 0 Å². The number of nitrogens with zero attached hydrogens (tertiary/aromatic N) is 2. The van der Waals surface area contributed by atoms with Gasteiger partial charge >= 0.3 is 0 Å². The van der Waals surface area contributed by atoms with E-state index in [0.29, 0.717) is 13.0 Å². The van der Waals surface area contributed by atoms with Crippen molar-refractivity contribution in [1.82, 2.24) is 9.80 Å². The van der Waals surface area contributed by atoms with Gasteiger partial charge in [0.1, 0.15) is 0 Å². The van der Waals surface area contributed by atoms with Crippen molar-refractivity contribution in [2.75, 3.05) is 46.4 Å². The number of methoxy groups -OCH3 is 1. The summed E-state index contributed by atoms with van der Waals surface area (Å²) in [4.78, 5) is 16.4. The summed E-state index contributed by atoms with van der Waals surface area (Å²) in [7, 11) is 1.69. The van der Waals surface area contributed by atoms with Crippen LogP contribution in [0.3, 0.4) is 0 Å². The van der Waals surface area contributed by atoms with Gasteiger partial charge in [-0.15, -0.1) is 0 Å². The Morgan fingerprint density at radius 3 is 2.78 bits per heavy atom. The van der Waals surface area contributed by atoms with Gasteiger partial charge in [-0.05, 0) is 26.3 Å². The normalized spacial score (nSPS) is 19.6. The minimum absolute atomic E-state index is 0.162. The van der Waals surface area contributed by atoms with Gasteiger partial charge in [0, 0.05) is 46.3 Å². The number of carbonyl (C=O) groups excluding carboxylic acids is 1. The molecular formula is C13H27N3O2. The molecule has 5 nitrogen and oxygen atoms in total. The fraction of sp³-hybridized carbons (Fsp3) is 0.923. The third-order valence-corrected chi connectivity index (χ3v) is 3.55. The summed E-state index contributed by atoms with van der Waals surface area (Å²) in [6.45, 7) is 7.33. The lowest BCUT2D eigenvalue weighted by molar-refractivity contribution is -0.131. The zero-order valence-corrected chi connectivity index (χ0v) is 11.7. The summed E-state index contributed by atoms with van der Waals surface area (Å²) < 4.78 is 5.17. The van der Waals surface area contributed by atoms with Crippen LogP contribution in [0, 0.1) is 0 Å². The molecule has 1 aliphatic rings. The molecule has 1 heterocycles. The van der Waals surface area contributed by atoms with Gasteiger partial charge < -0.3 is 20.3 Å². The SMILES string of the molecule is COC(C)CCC(=O)N1CCCN(CCN)CC1. The Kier molecular flexibility index (Phi) is 7.23. The van der Waals surface area contributed by atoms with Gasteiger partial charge in [-0.1, -0.05) is 0 Å². The molecule has 5 heteroatoms. The Hall–Kier alpha value is -0.650. The summed E-state index contributed by atoms with van der Waals surface area (Å²) in [5.74, 6) is 0.258. The maximum absolute atomic E-state index is 12.1. The highest BCUT2D eigenvalue weighted by Gasteiger charge is 2.18. The van der Waals surface area contributed by atoms with Crippen molar-refractivity contribution in [1.29, 1.82) is 0 Å². The second kappa shape index (κ2) is 8.45. The second-order valence-corrected chi connectivity index (χ2v) is 4.95. The lowest BCUT2D eigenvalue weighted by Gasteiger charge is -2.22. The molecule has 0 aliphatic carbocycles. The van der Waals surface area contributed by atoms with Gasteiger partial charge in [0.15, 0.2) is 0 Å². The molecule has 18 heavy (non-hydrogen) atoms. The van der Waals surface area contributed by atoms with Crippen molar-refractivity contribution in [3.63, 3.8) is 0 Å². The number of ether oxygens (including phenoxy) is 1. The molecule has 0 spiro atoms. The van der Waals surface area contributed by atoms with E-state index in [2.05, 4.69) is 4.90 Å². The highest BCUT2D eigenvalue weighted by Crippen LogP contribution is 2.08. The minimum Gasteiger partial charge on any atom is -0.382 e. The first-order valence-electron chi connectivity index (χ1n) is 6.90. The van der Waals surface area contributed by atoms with Crippen molar-refractivity contribution in [2.24, 2.45) is 5.73 Å². The lowest BCUT2D eigenvalue weighted by atomic mass is 10.2. The van der Waals surface area contributed by atoms with Crippen molar-refractivity contribution in [3.8, 4) is 0 Å². The Morgan fingerprint density at radius 1 is 1.33 bits per heavy atom. The van der Waals surface area contributed by atoms with Crippen LogP contribution in [0.5, 0.6) is 0 Å². The number of amides is 1. The maximum atomic E-state index is 12.1. The molecule has 1 aliphatic heterocycles. The number of hydrogen-bond donors (Lipinski definition) is 1. The molecule has 0 bridgehead atoms. The van der Waals surface area contributed by atoms with Crippen molar-refractivity contribution in [2.45, 2.75) is 32.3 Å². The molecule has 1 atom stereocenters. The highest BCUT2D eigenvalue weighted by atomic mass is 16.5. The average Bonchev–Trinajstić information content (AvgIpc) is 2.61. The zero-order chi connectivity index (χ0) is 13.4. The molecule has 106 valence electrons. The van der Waals surface area contributed by atoms with Crippen molar-refractivity contribution in [3.05, 3.63) is 0 Å². The molecule has 1 rings (SSSR count). The molecule has 1 unspecified atom stereocenters. The number of hydrogen-bond acceptors (Lipinski definition) is 4. The Balaban J connectivity index is 2.31. The van der Waals surface area contributed by atoms with Crippen molar-refractivity contribution < 1.29 is 9.53 Å². The summed E-state index contributed by atoms with van der Waals surface area (Å²) in [6.07, 6.45) is 2.60. The van der Waals surface area contributed by atoms with E-state index < -0.39 is 0 Å². The summed E-state index contributed by atoms with van der Waals surface area (Å²) >= 11 is 0. The maximum Gasteiger partial charge on any atom is 0.222 e. The summed E-state index contributed by atoms with van der Waals surface area (Å²) in [5.41, 5.74) is 5.57. The molecule has 0 saturated carbocycles. The van der Waals surface area contributed by atoms with Crippen LogP contribution in [-0.2, 0) is 9.53 Å². The molecule has 1 saturated heterocycles. The monoisotopic (exact) mass is 257 g/mol. The van der Waals surface area contributed by atoms with Crippen LogP contribution in [-0.4, -0.2) is 68.2 Å². The topological polar surface area (TPSA) is 58.8 Å². The molecule has 0 radical (unpaired) electrons. The highest BCUT2D eigenvalue weighted by molar-refractivity contribution is 5.76. The smallest absolute Gasteiger partial charge is 0.222 e. The van der Waals surface area contributed by atoms with Crippen LogP contribution in [0.2, 0.25) is 0 Å². The third kappa shape index (κ3) is 5.33. The fourth-order valence-corrected chi connectivity index (χ4v) is 2.23. The largest absolute Gasteiger partial charge is 0.382 e. The number of rotatable bonds is 6. The van der Waals surface area contributed by atoms with E-state index >= 15 is 0 Å². The molecule has 0 aromatic heterocycles. The predicted molar refractivity (Wildman–Crippen MR) is 72.4 cm³/mol. The van der Waals surface area contributed by atoms with Gasteiger partial charge in [0.25, 0.3) is 0 Å². The quantitative estimate of drug-likeness (QED) is 0.743. The molecule has 0 aromatic rings. The Morgan fingerprint density at radius 2 is 2.11 bits per heavy atom. The van der Waals surface area contributed by atoms with Crippen LogP contribution in [0.25, 0.3) is 0 Å². The van der Waals surface area contributed by atoms with E-state index in [4.69, 9.17) is 10.5 Å². The number of nitrogens with two attached hydrogens (primary N) is 1. The van der Waals surface area contributed by atoms with Crippen LogP contribution < -0.4 is 5.73 Å². The minimum atomic E-state index is 0.162. The zero-order valence-electron chi connectivity index (χ0n) is 11.7. The predicted octanol–water partition coefficient (Wildman–Crippen LogP) is 0.295. The van der Waals surface area contributed by atoms with Gasteiger partial charge in [-0.25, -0.2) is 0 Å². The van der Waals surface area contributed by atoms with E-state index in [1.807, 2.05) is 11.8 Å². The standard InChI is InChI=1S/C13H27N3O2/c1-12(18-2)4-5-13(17)16-8-3-7-15(9-6-14)10-11-16/h12H,3-11,14H2,1-2H3. The van der Waals surface area contributed by atoms with Crippen LogP contribution in [0.1, 0.15) is 26.2 Å².